The molecule has 150 valence electrons. The summed E-state index contributed by atoms with van der Waals surface area (Å²) in [4.78, 5) is 52.3. The van der Waals surface area contributed by atoms with Crippen molar-refractivity contribution in [1.82, 2.24) is 9.55 Å². The second-order valence-electron chi connectivity index (χ2n) is 6.46. The molecule has 0 fully saturated rings. The van der Waals surface area contributed by atoms with E-state index in [1.54, 1.807) is 20.8 Å². The summed E-state index contributed by atoms with van der Waals surface area (Å²) in [5, 5.41) is 13.8. The summed E-state index contributed by atoms with van der Waals surface area (Å²) in [6, 6.07) is 4.12. The Morgan fingerprint density at radius 1 is 1.31 bits per heavy atom. The van der Waals surface area contributed by atoms with Gasteiger partial charge >= 0.3 is 0 Å². The van der Waals surface area contributed by atoms with Gasteiger partial charge in [0.15, 0.2) is 0 Å². The van der Waals surface area contributed by atoms with Crippen LogP contribution >= 0.6 is 11.3 Å². The second kappa shape index (κ2) is 7.43. The van der Waals surface area contributed by atoms with E-state index < -0.39 is 22.3 Å². The minimum atomic E-state index is -0.645. The molecule has 0 aliphatic heterocycles. The fourth-order valence-electron chi connectivity index (χ4n) is 2.93. The van der Waals surface area contributed by atoms with Gasteiger partial charge in [0, 0.05) is 12.1 Å². The number of anilines is 1. The van der Waals surface area contributed by atoms with Crippen molar-refractivity contribution >= 4 is 44.7 Å². The molecule has 2 heterocycles. The third-order valence-electron chi connectivity index (χ3n) is 4.47. The first-order valence-electron chi connectivity index (χ1n) is 8.45. The first-order chi connectivity index (χ1) is 13.6. The molecular weight excluding hydrogens is 398 g/mol. The predicted octanol–water partition coefficient (Wildman–Crippen LogP) is 2.03. The number of rotatable bonds is 5. The number of nitrogens with one attached hydrogen (secondary N) is 1. The van der Waals surface area contributed by atoms with Gasteiger partial charge in [0.05, 0.1) is 20.9 Å². The molecule has 2 aromatic heterocycles. The molecule has 0 atom stereocenters. The molecule has 0 aliphatic carbocycles. The largest absolute Gasteiger partial charge is 0.365 e. The number of non-ortho nitro benzene ring substituents is 1. The number of nitrogens with zero attached hydrogens (tertiary/aromatic N) is 3. The molecule has 10 nitrogen and oxygen atoms in total. The van der Waals surface area contributed by atoms with Gasteiger partial charge in [-0.3, -0.25) is 29.1 Å². The van der Waals surface area contributed by atoms with Crippen molar-refractivity contribution in [2.24, 2.45) is 5.73 Å². The van der Waals surface area contributed by atoms with Gasteiger partial charge in [0.1, 0.15) is 17.2 Å². The lowest BCUT2D eigenvalue weighted by molar-refractivity contribution is -0.384. The van der Waals surface area contributed by atoms with Crippen LogP contribution < -0.4 is 16.6 Å². The van der Waals surface area contributed by atoms with Crippen molar-refractivity contribution in [1.29, 1.82) is 0 Å². The molecule has 0 saturated carbocycles. The molecule has 3 aromatic rings. The molecule has 1 aromatic carbocycles. The third-order valence-corrected chi connectivity index (χ3v) is 5.67. The van der Waals surface area contributed by atoms with E-state index >= 15 is 0 Å². The predicted molar refractivity (Wildman–Crippen MR) is 108 cm³/mol. The van der Waals surface area contributed by atoms with Crippen molar-refractivity contribution in [3.63, 3.8) is 0 Å². The number of nitro benzene ring substituents is 1. The number of fused-ring (bicyclic) bond motifs is 1. The summed E-state index contributed by atoms with van der Waals surface area (Å²) < 4.78 is 1.19. The van der Waals surface area contributed by atoms with E-state index in [0.717, 1.165) is 11.3 Å². The van der Waals surface area contributed by atoms with Gasteiger partial charge in [-0.1, -0.05) is 6.07 Å². The number of carbonyl (C=O) groups excluding carboxylic acids is 2. The van der Waals surface area contributed by atoms with Crippen molar-refractivity contribution in [2.45, 2.75) is 27.3 Å². The Balaban J connectivity index is 1.96. The number of benzene rings is 1. The summed E-state index contributed by atoms with van der Waals surface area (Å²) in [6.07, 6.45) is 0. The van der Waals surface area contributed by atoms with Crippen LogP contribution in [-0.4, -0.2) is 26.3 Å². The first-order valence-corrected chi connectivity index (χ1v) is 9.27. The normalized spacial score (nSPS) is 10.9. The Labute approximate surface area is 168 Å². The topological polar surface area (TPSA) is 150 Å². The molecule has 0 bridgehead atoms. The Bertz CT molecular complexity index is 1240. The molecule has 0 unspecified atom stereocenters. The van der Waals surface area contributed by atoms with Crippen LogP contribution in [0.1, 0.15) is 26.6 Å². The van der Waals surface area contributed by atoms with Crippen molar-refractivity contribution < 1.29 is 14.5 Å². The summed E-state index contributed by atoms with van der Waals surface area (Å²) >= 11 is 1.03. The van der Waals surface area contributed by atoms with Gasteiger partial charge in [0.25, 0.3) is 17.2 Å². The first kappa shape index (κ1) is 20.1. The number of hydrogen-bond acceptors (Lipinski definition) is 7. The number of amides is 2. The second-order valence-corrected chi connectivity index (χ2v) is 7.45. The van der Waals surface area contributed by atoms with Crippen LogP contribution in [0.15, 0.2) is 23.0 Å². The fraction of sp³-hybridized carbons (Fsp3) is 0.222. The van der Waals surface area contributed by atoms with Crippen LogP contribution in [-0.2, 0) is 11.3 Å². The van der Waals surface area contributed by atoms with Gasteiger partial charge in [-0.25, -0.2) is 4.98 Å². The van der Waals surface area contributed by atoms with Gasteiger partial charge in [-0.15, -0.1) is 11.3 Å². The van der Waals surface area contributed by atoms with Gasteiger partial charge in [0.2, 0.25) is 5.91 Å². The number of thiophene rings is 1. The lowest BCUT2D eigenvalue weighted by atomic mass is 10.2. The molecule has 3 rings (SSSR count). The maximum absolute atomic E-state index is 12.9. The lowest BCUT2D eigenvalue weighted by Gasteiger charge is -2.11. The quantitative estimate of drug-likeness (QED) is 0.481. The lowest BCUT2D eigenvalue weighted by Crippen LogP contribution is -2.30. The van der Waals surface area contributed by atoms with Gasteiger partial charge < -0.3 is 11.1 Å². The highest BCUT2D eigenvalue weighted by Gasteiger charge is 2.20. The summed E-state index contributed by atoms with van der Waals surface area (Å²) in [5.74, 6) is -0.887. The zero-order valence-electron chi connectivity index (χ0n) is 15.8. The molecular formula is C18H17N5O5S. The summed E-state index contributed by atoms with van der Waals surface area (Å²) in [6.45, 7) is 4.54. The maximum Gasteiger partial charge on any atom is 0.271 e. The minimum absolute atomic E-state index is 0.157. The van der Waals surface area contributed by atoms with Crippen LogP contribution in [0.3, 0.4) is 0 Å². The van der Waals surface area contributed by atoms with E-state index in [-0.39, 0.29) is 28.2 Å². The van der Waals surface area contributed by atoms with E-state index in [0.29, 0.717) is 21.8 Å². The molecule has 3 N–H and O–H groups in total. The van der Waals surface area contributed by atoms with E-state index in [1.807, 2.05) is 0 Å². The van der Waals surface area contributed by atoms with Crippen LogP contribution in [0.2, 0.25) is 0 Å². The molecule has 11 heteroatoms. The van der Waals surface area contributed by atoms with Crippen molar-refractivity contribution in [3.8, 4) is 0 Å². The number of carbonyl (C=O) groups is 2. The molecule has 0 aliphatic rings. The number of hydrogen-bond donors (Lipinski definition) is 2. The van der Waals surface area contributed by atoms with Gasteiger partial charge in [-0.05, 0) is 31.9 Å². The average Bonchev–Trinajstić information content (AvgIpc) is 2.97. The number of nitrogens with two attached hydrogens (primary N) is 1. The van der Waals surface area contributed by atoms with Crippen LogP contribution in [0.5, 0.6) is 0 Å². The zero-order chi connectivity index (χ0) is 21.5. The third kappa shape index (κ3) is 3.72. The monoisotopic (exact) mass is 415 g/mol. The molecule has 0 spiro atoms. The van der Waals surface area contributed by atoms with E-state index in [9.17, 15) is 24.5 Å². The Morgan fingerprint density at radius 3 is 2.62 bits per heavy atom. The molecule has 0 radical (unpaired) electrons. The number of nitro groups is 1. The number of aryl methyl sites for hydroxylation is 3. The average molecular weight is 415 g/mol. The smallest absolute Gasteiger partial charge is 0.271 e. The van der Waals surface area contributed by atoms with Crippen molar-refractivity contribution in [2.75, 3.05) is 5.32 Å². The fourth-order valence-corrected chi connectivity index (χ4v) is 4.00. The molecule has 29 heavy (non-hydrogen) atoms. The molecule has 2 amide bonds. The SMILES string of the molecule is Cc1ccc([N+](=O)[O-])cc1NC(=O)Cn1c(C)nc2sc(C(N)=O)c(C)c2c1=O. The minimum Gasteiger partial charge on any atom is -0.365 e. The van der Waals surface area contributed by atoms with E-state index in [4.69, 9.17) is 5.73 Å². The standard InChI is InChI=1S/C18H17N5O5S/c1-8-4-5-11(23(27)28)6-12(8)21-13(24)7-22-10(3)20-17-14(18(22)26)9(2)15(29-17)16(19)25/h4-6H,7H2,1-3H3,(H2,19,25)(H,21,24). The Kier molecular flexibility index (Phi) is 5.16. The highest BCUT2D eigenvalue weighted by Crippen LogP contribution is 2.27. The maximum atomic E-state index is 12.9. The van der Waals surface area contributed by atoms with Crippen LogP contribution in [0.25, 0.3) is 10.2 Å². The zero-order valence-corrected chi connectivity index (χ0v) is 16.6. The molecule has 0 saturated heterocycles. The van der Waals surface area contributed by atoms with Gasteiger partial charge in [-0.2, -0.15) is 0 Å². The number of primary amides is 1. The Hall–Kier alpha value is -3.60. The Morgan fingerprint density at radius 2 is 2.00 bits per heavy atom. The highest BCUT2D eigenvalue weighted by atomic mass is 32.1. The summed E-state index contributed by atoms with van der Waals surface area (Å²) in [7, 11) is 0. The van der Waals surface area contributed by atoms with Crippen LogP contribution in [0, 0.1) is 30.9 Å². The van der Waals surface area contributed by atoms with E-state index in [1.165, 1.54) is 22.8 Å². The number of aromatic nitrogens is 2. The highest BCUT2D eigenvalue weighted by molar-refractivity contribution is 7.20. The van der Waals surface area contributed by atoms with E-state index in [2.05, 4.69) is 10.3 Å². The summed E-state index contributed by atoms with van der Waals surface area (Å²) in [5.41, 5.74) is 6.08. The van der Waals surface area contributed by atoms with Crippen molar-refractivity contribution in [3.05, 3.63) is 60.5 Å². The van der Waals surface area contributed by atoms with Crippen LogP contribution in [0.4, 0.5) is 11.4 Å².